The number of aromatic nitrogens is 2. The van der Waals surface area contributed by atoms with Crippen LogP contribution in [0, 0.1) is 13.8 Å². The molecule has 200 valence electrons. The summed E-state index contributed by atoms with van der Waals surface area (Å²) < 4.78 is 0. The van der Waals surface area contributed by atoms with E-state index in [2.05, 4.69) is 20.6 Å². The van der Waals surface area contributed by atoms with Gasteiger partial charge in [0.05, 0.1) is 11.0 Å². The summed E-state index contributed by atoms with van der Waals surface area (Å²) in [6.07, 6.45) is 5.40. The maximum Gasteiger partial charge on any atom is 0.224 e. The third-order valence-corrected chi connectivity index (χ3v) is 6.31. The van der Waals surface area contributed by atoms with Crippen LogP contribution in [-0.2, 0) is 9.59 Å². The molecule has 0 unspecified atom stereocenters. The SMILES string of the molecule is Cc1cc(N)c2cc(NC(=O)CCCCCCCC(=O)Nc3ccc4nc(C)cc(N)c4c3)ccc2n1.Cl. The van der Waals surface area contributed by atoms with E-state index in [1.165, 1.54) is 0 Å². The zero-order valence-corrected chi connectivity index (χ0v) is 22.7. The van der Waals surface area contributed by atoms with Gasteiger partial charge in [0.25, 0.3) is 0 Å². The summed E-state index contributed by atoms with van der Waals surface area (Å²) >= 11 is 0. The van der Waals surface area contributed by atoms with Crippen molar-refractivity contribution in [1.82, 2.24) is 9.97 Å². The van der Waals surface area contributed by atoms with Crippen molar-refractivity contribution in [2.24, 2.45) is 0 Å². The number of carbonyl (C=O) groups is 2. The van der Waals surface area contributed by atoms with Gasteiger partial charge in [0.15, 0.2) is 0 Å². The molecule has 0 aliphatic heterocycles. The van der Waals surface area contributed by atoms with Gasteiger partial charge < -0.3 is 22.1 Å². The lowest BCUT2D eigenvalue weighted by Gasteiger charge is -2.09. The summed E-state index contributed by atoms with van der Waals surface area (Å²) in [5.41, 5.74) is 18.3. The topological polar surface area (TPSA) is 136 Å². The molecule has 0 radical (unpaired) electrons. The highest BCUT2D eigenvalue weighted by molar-refractivity contribution is 5.98. The first kappa shape index (κ1) is 28.7. The van der Waals surface area contributed by atoms with E-state index in [0.717, 1.165) is 76.7 Å². The first-order valence-electron chi connectivity index (χ1n) is 12.7. The number of aryl methyl sites for hydroxylation is 2. The fraction of sp³-hybridized carbons (Fsp3) is 0.310. The van der Waals surface area contributed by atoms with Gasteiger partial charge in [-0.15, -0.1) is 12.4 Å². The molecule has 0 aliphatic carbocycles. The highest BCUT2D eigenvalue weighted by Crippen LogP contribution is 2.25. The molecule has 0 aliphatic rings. The van der Waals surface area contributed by atoms with E-state index in [4.69, 9.17) is 11.5 Å². The average Bonchev–Trinajstić information content (AvgIpc) is 2.84. The summed E-state index contributed by atoms with van der Waals surface area (Å²) in [4.78, 5) is 33.6. The van der Waals surface area contributed by atoms with Crippen molar-refractivity contribution in [3.8, 4) is 0 Å². The van der Waals surface area contributed by atoms with Crippen LogP contribution in [0.5, 0.6) is 0 Å². The summed E-state index contributed by atoms with van der Waals surface area (Å²) in [5.74, 6) is -0.0301. The molecule has 2 aromatic carbocycles. The van der Waals surface area contributed by atoms with E-state index in [9.17, 15) is 9.59 Å². The molecule has 0 fully saturated rings. The Morgan fingerprint density at radius 3 is 1.47 bits per heavy atom. The Morgan fingerprint density at radius 1 is 0.658 bits per heavy atom. The van der Waals surface area contributed by atoms with Crippen molar-refractivity contribution in [2.75, 3.05) is 22.1 Å². The summed E-state index contributed by atoms with van der Waals surface area (Å²) in [6, 6.07) is 14.8. The van der Waals surface area contributed by atoms with Crippen molar-refractivity contribution in [1.29, 1.82) is 0 Å². The number of rotatable bonds is 10. The predicted molar refractivity (Wildman–Crippen MR) is 159 cm³/mol. The summed E-state index contributed by atoms with van der Waals surface area (Å²) in [7, 11) is 0. The van der Waals surface area contributed by atoms with Crippen LogP contribution in [0.2, 0.25) is 0 Å². The third-order valence-electron chi connectivity index (χ3n) is 6.31. The van der Waals surface area contributed by atoms with Gasteiger partial charge in [-0.1, -0.05) is 19.3 Å². The molecule has 0 spiro atoms. The van der Waals surface area contributed by atoms with Gasteiger partial charge in [-0.3, -0.25) is 19.6 Å². The first-order valence-corrected chi connectivity index (χ1v) is 12.7. The molecule has 2 aromatic heterocycles. The van der Waals surface area contributed by atoms with Crippen molar-refractivity contribution in [3.63, 3.8) is 0 Å². The number of amides is 2. The minimum absolute atomic E-state index is 0. The number of hydrogen-bond donors (Lipinski definition) is 4. The number of nitrogens with zero attached hydrogens (tertiary/aromatic N) is 2. The Morgan fingerprint density at radius 2 is 1.05 bits per heavy atom. The molecule has 9 heteroatoms. The van der Waals surface area contributed by atoms with E-state index in [1.807, 2.05) is 62.4 Å². The Hall–Kier alpha value is -3.91. The largest absolute Gasteiger partial charge is 0.398 e. The summed E-state index contributed by atoms with van der Waals surface area (Å²) in [5, 5.41) is 7.57. The Labute approximate surface area is 229 Å². The number of halogens is 1. The number of carbonyl (C=O) groups excluding carboxylic acids is 2. The lowest BCUT2D eigenvalue weighted by atomic mass is 10.1. The number of nitrogens with one attached hydrogen (secondary N) is 2. The van der Waals surface area contributed by atoms with Crippen molar-refractivity contribution < 1.29 is 9.59 Å². The van der Waals surface area contributed by atoms with Gasteiger partial charge in [0, 0.05) is 57.8 Å². The third kappa shape index (κ3) is 7.55. The number of benzene rings is 2. The maximum atomic E-state index is 12.3. The molecule has 0 bridgehead atoms. The minimum atomic E-state index is -0.0150. The van der Waals surface area contributed by atoms with Crippen LogP contribution in [0.1, 0.15) is 56.3 Å². The molecule has 0 saturated carbocycles. The number of unbranched alkanes of at least 4 members (excludes halogenated alkanes) is 4. The van der Waals surface area contributed by atoms with Crippen LogP contribution in [-0.4, -0.2) is 21.8 Å². The second-order valence-electron chi connectivity index (χ2n) is 9.53. The molecule has 0 atom stereocenters. The molecular formula is C29H35ClN6O2. The van der Waals surface area contributed by atoms with E-state index in [0.29, 0.717) is 24.2 Å². The van der Waals surface area contributed by atoms with Crippen molar-refractivity contribution in [2.45, 2.75) is 58.8 Å². The quantitative estimate of drug-likeness (QED) is 0.176. The van der Waals surface area contributed by atoms with E-state index in [1.54, 1.807) is 0 Å². The van der Waals surface area contributed by atoms with Crippen LogP contribution < -0.4 is 22.1 Å². The number of pyridine rings is 2. The van der Waals surface area contributed by atoms with Crippen molar-refractivity contribution >= 4 is 68.8 Å². The van der Waals surface area contributed by atoms with Crippen LogP contribution in [0.15, 0.2) is 48.5 Å². The highest BCUT2D eigenvalue weighted by Gasteiger charge is 2.08. The second kappa shape index (κ2) is 13.1. The maximum absolute atomic E-state index is 12.3. The van der Waals surface area contributed by atoms with Crippen molar-refractivity contribution in [3.05, 3.63) is 59.9 Å². The number of nitrogen functional groups attached to an aromatic ring is 2. The number of anilines is 4. The van der Waals surface area contributed by atoms with Gasteiger partial charge >= 0.3 is 0 Å². The molecule has 0 saturated heterocycles. The molecule has 2 heterocycles. The number of fused-ring (bicyclic) bond motifs is 2. The van der Waals surface area contributed by atoms with Gasteiger partial charge in [-0.25, -0.2) is 0 Å². The van der Waals surface area contributed by atoms with E-state index < -0.39 is 0 Å². The highest BCUT2D eigenvalue weighted by atomic mass is 35.5. The van der Waals surface area contributed by atoms with Gasteiger partial charge in [0.2, 0.25) is 11.8 Å². The molecule has 38 heavy (non-hydrogen) atoms. The number of hydrogen-bond acceptors (Lipinski definition) is 6. The second-order valence-corrected chi connectivity index (χ2v) is 9.53. The standard InChI is InChI=1S/C29H34N6O2.ClH/c1-18-14-24(30)22-16-20(10-12-26(22)32-18)34-28(36)8-6-4-3-5-7-9-29(37)35-21-11-13-27-23(17-21)25(31)15-19(2)33-27;/h10-17H,3-9H2,1-2H3,(H2,30,32)(H2,31,33)(H,34,36)(H,35,37);1H. The van der Waals surface area contributed by atoms with E-state index >= 15 is 0 Å². The monoisotopic (exact) mass is 534 g/mol. The fourth-order valence-electron chi connectivity index (χ4n) is 4.48. The Kier molecular flexibility index (Phi) is 9.85. The fourth-order valence-corrected chi connectivity index (χ4v) is 4.48. The smallest absolute Gasteiger partial charge is 0.224 e. The molecule has 4 rings (SSSR count). The predicted octanol–water partition coefficient (Wildman–Crippen LogP) is 6.29. The molecule has 8 nitrogen and oxygen atoms in total. The van der Waals surface area contributed by atoms with Gasteiger partial charge in [0.1, 0.15) is 0 Å². The normalized spacial score (nSPS) is 10.8. The molecule has 2 amide bonds. The minimum Gasteiger partial charge on any atom is -0.398 e. The first-order chi connectivity index (χ1) is 17.8. The lowest BCUT2D eigenvalue weighted by Crippen LogP contribution is -2.11. The summed E-state index contributed by atoms with van der Waals surface area (Å²) in [6.45, 7) is 3.81. The van der Waals surface area contributed by atoms with Crippen LogP contribution in [0.4, 0.5) is 22.7 Å². The van der Waals surface area contributed by atoms with Crippen LogP contribution in [0.3, 0.4) is 0 Å². The van der Waals surface area contributed by atoms with Gasteiger partial charge in [-0.05, 0) is 75.2 Å². The zero-order valence-electron chi connectivity index (χ0n) is 21.8. The van der Waals surface area contributed by atoms with Crippen LogP contribution in [0.25, 0.3) is 21.8 Å². The van der Waals surface area contributed by atoms with E-state index in [-0.39, 0.29) is 24.2 Å². The molecule has 4 aromatic rings. The Balaban J connectivity index is 0.00000400. The number of nitrogens with two attached hydrogens (primary N) is 2. The lowest BCUT2D eigenvalue weighted by molar-refractivity contribution is -0.117. The molecular weight excluding hydrogens is 500 g/mol. The van der Waals surface area contributed by atoms with Gasteiger partial charge in [-0.2, -0.15) is 0 Å². The average molecular weight is 535 g/mol. The van der Waals surface area contributed by atoms with Crippen LogP contribution >= 0.6 is 12.4 Å². The zero-order chi connectivity index (χ0) is 26.4. The molecule has 6 N–H and O–H groups in total. The Bertz CT molecular complexity index is 1350.